The molecule has 1 amide bonds. The van der Waals surface area contributed by atoms with Gasteiger partial charge in [0.25, 0.3) is 5.91 Å². The largest absolute Gasteiger partial charge is 0.493 e. The summed E-state index contributed by atoms with van der Waals surface area (Å²) >= 11 is 1.32. The summed E-state index contributed by atoms with van der Waals surface area (Å²) in [7, 11) is 1.30. The Morgan fingerprint density at radius 3 is 2.61 bits per heavy atom. The number of hydrogen-bond acceptors (Lipinski definition) is 6. The second-order valence-corrected chi connectivity index (χ2v) is 6.36. The molecule has 0 radical (unpaired) electrons. The van der Waals surface area contributed by atoms with E-state index in [9.17, 15) is 13.6 Å². The molecule has 1 aromatic carbocycles. The summed E-state index contributed by atoms with van der Waals surface area (Å²) in [5, 5.41) is 4.02. The molecule has 0 fully saturated rings. The van der Waals surface area contributed by atoms with Crippen LogP contribution < -0.4 is 14.8 Å². The first kappa shape index (κ1) is 19.6. The van der Waals surface area contributed by atoms with Crippen LogP contribution in [-0.2, 0) is 0 Å². The number of para-hydroxylation sites is 1. The highest BCUT2D eigenvalue weighted by molar-refractivity contribution is 7.99. The van der Waals surface area contributed by atoms with E-state index in [-0.39, 0.29) is 17.1 Å². The first-order chi connectivity index (χ1) is 13.6. The Bertz CT molecular complexity index is 958. The Morgan fingerprint density at radius 1 is 1.07 bits per heavy atom. The predicted molar refractivity (Wildman–Crippen MR) is 100 cm³/mol. The molecule has 2 heterocycles. The van der Waals surface area contributed by atoms with E-state index in [1.807, 2.05) is 12.1 Å². The summed E-state index contributed by atoms with van der Waals surface area (Å²) < 4.78 is 35.0. The standard InChI is InChI=1S/C19H15F2N3O3S/c1-26-14-6-4-5-13(17(14)27-19(20)21)18(25)24-12-8-10-23-16(11-12)28-15-7-2-3-9-22-15/h2-11,19H,1H3,(H,23,24,25). The SMILES string of the molecule is COc1cccc(C(=O)Nc2ccnc(Sc3ccccn3)c2)c1OC(F)F. The van der Waals surface area contributed by atoms with Crippen LogP contribution in [0.15, 0.2) is 71.0 Å². The number of methoxy groups -OCH3 is 1. The number of aromatic nitrogens is 2. The predicted octanol–water partition coefficient (Wildman–Crippen LogP) is 4.49. The van der Waals surface area contributed by atoms with Crippen LogP contribution in [0.4, 0.5) is 14.5 Å². The van der Waals surface area contributed by atoms with E-state index in [2.05, 4.69) is 20.0 Å². The Morgan fingerprint density at radius 2 is 1.89 bits per heavy atom. The fourth-order valence-corrected chi connectivity index (χ4v) is 3.10. The molecular formula is C19H15F2N3O3S. The van der Waals surface area contributed by atoms with Gasteiger partial charge in [0.2, 0.25) is 0 Å². The van der Waals surface area contributed by atoms with Gasteiger partial charge in [0, 0.05) is 18.1 Å². The first-order valence-electron chi connectivity index (χ1n) is 8.05. The van der Waals surface area contributed by atoms with Gasteiger partial charge in [-0.3, -0.25) is 4.79 Å². The van der Waals surface area contributed by atoms with Crippen molar-refractivity contribution in [2.75, 3.05) is 12.4 Å². The van der Waals surface area contributed by atoms with E-state index in [4.69, 9.17) is 4.74 Å². The summed E-state index contributed by atoms with van der Waals surface area (Å²) in [5.41, 5.74) is 0.375. The lowest BCUT2D eigenvalue weighted by Crippen LogP contribution is -2.15. The highest BCUT2D eigenvalue weighted by Crippen LogP contribution is 2.33. The number of benzene rings is 1. The quantitative estimate of drug-likeness (QED) is 0.627. The maximum atomic E-state index is 12.7. The van der Waals surface area contributed by atoms with Crippen molar-refractivity contribution >= 4 is 23.4 Å². The molecule has 3 aromatic rings. The van der Waals surface area contributed by atoms with Gasteiger partial charge in [0.1, 0.15) is 10.1 Å². The number of nitrogens with one attached hydrogen (secondary N) is 1. The minimum atomic E-state index is -3.09. The van der Waals surface area contributed by atoms with Gasteiger partial charge < -0.3 is 14.8 Å². The first-order valence-corrected chi connectivity index (χ1v) is 8.86. The molecule has 9 heteroatoms. The van der Waals surface area contributed by atoms with Gasteiger partial charge in [-0.15, -0.1) is 0 Å². The molecule has 1 N–H and O–H groups in total. The number of carbonyl (C=O) groups is 1. The maximum absolute atomic E-state index is 12.7. The minimum absolute atomic E-state index is 0.0362. The van der Waals surface area contributed by atoms with E-state index in [1.54, 1.807) is 24.4 Å². The van der Waals surface area contributed by atoms with Crippen molar-refractivity contribution in [2.24, 2.45) is 0 Å². The highest BCUT2D eigenvalue weighted by Gasteiger charge is 2.20. The lowest BCUT2D eigenvalue weighted by molar-refractivity contribution is -0.0515. The van der Waals surface area contributed by atoms with Crippen molar-refractivity contribution in [1.29, 1.82) is 0 Å². The number of pyridine rings is 2. The molecule has 0 atom stereocenters. The van der Waals surface area contributed by atoms with Crippen LogP contribution in [0, 0.1) is 0 Å². The summed E-state index contributed by atoms with van der Waals surface area (Å²) in [5.74, 6) is -0.904. The monoisotopic (exact) mass is 403 g/mol. The Labute approximate surface area is 163 Å². The van der Waals surface area contributed by atoms with Crippen LogP contribution in [0.25, 0.3) is 0 Å². The average Bonchev–Trinajstić information content (AvgIpc) is 2.68. The number of carbonyl (C=O) groups excluding carboxylic acids is 1. The minimum Gasteiger partial charge on any atom is -0.493 e. The summed E-state index contributed by atoms with van der Waals surface area (Å²) in [6.45, 7) is -3.09. The Hall–Kier alpha value is -3.20. The molecule has 0 bridgehead atoms. The molecule has 0 saturated carbocycles. The van der Waals surface area contributed by atoms with Gasteiger partial charge in [-0.05, 0) is 36.4 Å². The van der Waals surface area contributed by atoms with Crippen LogP contribution in [0.1, 0.15) is 10.4 Å². The molecule has 0 aliphatic carbocycles. The zero-order valence-corrected chi connectivity index (χ0v) is 15.5. The molecule has 0 aliphatic rings. The van der Waals surface area contributed by atoms with Crippen LogP contribution in [0.2, 0.25) is 0 Å². The normalized spacial score (nSPS) is 10.6. The van der Waals surface area contributed by atoms with Crippen molar-refractivity contribution in [2.45, 2.75) is 16.7 Å². The van der Waals surface area contributed by atoms with Crippen molar-refractivity contribution < 1.29 is 23.0 Å². The van der Waals surface area contributed by atoms with Crippen molar-refractivity contribution in [3.8, 4) is 11.5 Å². The molecule has 2 aromatic heterocycles. The van der Waals surface area contributed by atoms with Crippen LogP contribution in [0.5, 0.6) is 11.5 Å². The van der Waals surface area contributed by atoms with Crippen molar-refractivity contribution in [3.63, 3.8) is 0 Å². The maximum Gasteiger partial charge on any atom is 0.387 e. The third kappa shape index (κ3) is 4.95. The summed E-state index contributed by atoms with van der Waals surface area (Å²) in [6, 6.07) is 13.1. The molecule has 6 nitrogen and oxygen atoms in total. The Kier molecular flexibility index (Phi) is 6.38. The number of ether oxygens (including phenoxy) is 2. The number of hydrogen-bond donors (Lipinski definition) is 1. The van der Waals surface area contributed by atoms with E-state index < -0.39 is 12.5 Å². The smallest absolute Gasteiger partial charge is 0.387 e. The number of nitrogens with zero attached hydrogens (tertiary/aromatic N) is 2. The summed E-state index contributed by atoms with van der Waals surface area (Å²) in [4.78, 5) is 21.1. The van der Waals surface area contributed by atoms with Crippen LogP contribution in [-0.4, -0.2) is 29.6 Å². The van der Waals surface area contributed by atoms with E-state index >= 15 is 0 Å². The molecule has 0 saturated heterocycles. The third-order valence-electron chi connectivity index (χ3n) is 3.49. The number of amides is 1. The highest BCUT2D eigenvalue weighted by atomic mass is 32.2. The summed E-state index contributed by atoms with van der Waals surface area (Å²) in [6.07, 6.45) is 3.20. The zero-order chi connectivity index (χ0) is 19.9. The van der Waals surface area contributed by atoms with Crippen molar-refractivity contribution in [3.05, 3.63) is 66.5 Å². The third-order valence-corrected chi connectivity index (χ3v) is 4.37. The zero-order valence-electron chi connectivity index (χ0n) is 14.6. The van der Waals surface area contributed by atoms with Crippen molar-refractivity contribution in [1.82, 2.24) is 9.97 Å². The molecule has 144 valence electrons. The number of rotatable bonds is 7. The molecule has 0 spiro atoms. The second-order valence-electron chi connectivity index (χ2n) is 5.32. The Balaban J connectivity index is 1.81. The average molecular weight is 403 g/mol. The molecule has 0 unspecified atom stereocenters. The molecular weight excluding hydrogens is 388 g/mol. The fourth-order valence-electron chi connectivity index (χ4n) is 2.32. The molecule has 0 aliphatic heterocycles. The van der Waals surface area contributed by atoms with Gasteiger partial charge in [-0.25, -0.2) is 9.97 Å². The van der Waals surface area contributed by atoms with Gasteiger partial charge >= 0.3 is 6.61 Å². The fraction of sp³-hybridized carbons (Fsp3) is 0.105. The van der Waals surface area contributed by atoms with Gasteiger partial charge in [0.05, 0.1) is 12.7 Å². The van der Waals surface area contributed by atoms with E-state index in [1.165, 1.54) is 43.3 Å². The van der Waals surface area contributed by atoms with Crippen LogP contribution >= 0.6 is 11.8 Å². The number of halogens is 2. The van der Waals surface area contributed by atoms with Gasteiger partial charge in [-0.2, -0.15) is 8.78 Å². The van der Waals surface area contributed by atoms with E-state index in [0.717, 1.165) is 5.03 Å². The number of alkyl halides is 2. The second kappa shape index (κ2) is 9.14. The lowest BCUT2D eigenvalue weighted by atomic mass is 10.1. The topological polar surface area (TPSA) is 73.3 Å². The van der Waals surface area contributed by atoms with E-state index in [0.29, 0.717) is 10.7 Å². The number of anilines is 1. The lowest BCUT2D eigenvalue weighted by Gasteiger charge is -2.14. The van der Waals surface area contributed by atoms with Gasteiger partial charge in [-0.1, -0.05) is 23.9 Å². The molecule has 3 rings (SSSR count). The molecule has 28 heavy (non-hydrogen) atoms. The van der Waals surface area contributed by atoms with Crippen LogP contribution in [0.3, 0.4) is 0 Å². The van der Waals surface area contributed by atoms with Gasteiger partial charge in [0.15, 0.2) is 11.5 Å².